The van der Waals surface area contributed by atoms with Crippen LogP contribution in [0.4, 0.5) is 15.8 Å². The lowest BCUT2D eigenvalue weighted by atomic mass is 10.2. The number of ether oxygens (including phenoxy) is 1. The molecule has 5 nitrogen and oxygen atoms in total. The molecule has 0 bridgehead atoms. The fourth-order valence-corrected chi connectivity index (χ4v) is 2.67. The standard InChI is InChI=1S/C23H21FN2O3/c24-18-9-4-12-21(15-18)29-14-6-13-22(27)25-19-10-5-11-20(16-19)26-23(28)17-7-2-1-3-8-17/h1-5,7-12,15-16H,6,13-14H2,(H,25,27)(H,26,28). The molecule has 0 atom stereocenters. The molecule has 2 N–H and O–H groups in total. The van der Waals surface area contributed by atoms with Gasteiger partial charge in [0.05, 0.1) is 6.61 Å². The Kier molecular flexibility index (Phi) is 6.95. The van der Waals surface area contributed by atoms with Crippen molar-refractivity contribution in [2.75, 3.05) is 17.2 Å². The molecule has 148 valence electrons. The van der Waals surface area contributed by atoms with Gasteiger partial charge in [0.2, 0.25) is 5.91 Å². The van der Waals surface area contributed by atoms with E-state index in [2.05, 4.69) is 10.6 Å². The van der Waals surface area contributed by atoms with Crippen LogP contribution in [0.2, 0.25) is 0 Å². The third-order valence-corrected chi connectivity index (χ3v) is 4.05. The van der Waals surface area contributed by atoms with Crippen LogP contribution >= 0.6 is 0 Å². The third kappa shape index (κ3) is 6.46. The zero-order chi connectivity index (χ0) is 20.5. The number of halogens is 1. The van der Waals surface area contributed by atoms with Gasteiger partial charge in [-0.1, -0.05) is 30.3 Å². The largest absolute Gasteiger partial charge is 0.493 e. The predicted molar refractivity (Wildman–Crippen MR) is 111 cm³/mol. The lowest BCUT2D eigenvalue weighted by Gasteiger charge is -2.09. The first-order chi connectivity index (χ1) is 14.1. The average Bonchev–Trinajstić information content (AvgIpc) is 2.72. The molecule has 2 amide bonds. The number of amides is 2. The minimum Gasteiger partial charge on any atom is -0.493 e. The van der Waals surface area contributed by atoms with Crippen molar-refractivity contribution >= 4 is 23.2 Å². The summed E-state index contributed by atoms with van der Waals surface area (Å²) in [5.74, 6) is -0.310. The maximum Gasteiger partial charge on any atom is 0.255 e. The number of benzene rings is 3. The van der Waals surface area contributed by atoms with E-state index in [0.717, 1.165) is 0 Å². The highest BCUT2D eigenvalue weighted by Gasteiger charge is 2.07. The number of hydrogen-bond donors (Lipinski definition) is 2. The number of rotatable bonds is 8. The smallest absolute Gasteiger partial charge is 0.255 e. The first kappa shape index (κ1) is 20.1. The molecule has 29 heavy (non-hydrogen) atoms. The van der Waals surface area contributed by atoms with Crippen molar-refractivity contribution in [3.63, 3.8) is 0 Å². The van der Waals surface area contributed by atoms with Crippen LogP contribution < -0.4 is 15.4 Å². The summed E-state index contributed by atoms with van der Waals surface area (Å²) in [5.41, 5.74) is 1.73. The van der Waals surface area contributed by atoms with Crippen LogP contribution in [0.1, 0.15) is 23.2 Å². The van der Waals surface area contributed by atoms with E-state index < -0.39 is 0 Å². The summed E-state index contributed by atoms with van der Waals surface area (Å²) in [5, 5.41) is 5.60. The van der Waals surface area contributed by atoms with Gasteiger partial charge < -0.3 is 15.4 Å². The molecule has 0 aliphatic carbocycles. The highest BCUT2D eigenvalue weighted by molar-refractivity contribution is 6.04. The molecular formula is C23H21FN2O3. The summed E-state index contributed by atoms with van der Waals surface area (Å²) in [4.78, 5) is 24.3. The van der Waals surface area contributed by atoms with E-state index in [1.165, 1.54) is 12.1 Å². The molecule has 0 radical (unpaired) electrons. The van der Waals surface area contributed by atoms with Crippen LogP contribution in [0.15, 0.2) is 78.9 Å². The molecule has 0 fully saturated rings. The third-order valence-electron chi connectivity index (χ3n) is 4.05. The summed E-state index contributed by atoms with van der Waals surface area (Å²) in [7, 11) is 0. The van der Waals surface area contributed by atoms with Crippen molar-refractivity contribution in [3.8, 4) is 5.75 Å². The zero-order valence-electron chi connectivity index (χ0n) is 15.7. The second kappa shape index (κ2) is 10.0. The van der Waals surface area contributed by atoms with E-state index in [4.69, 9.17) is 4.74 Å². The minimum atomic E-state index is -0.362. The Hall–Kier alpha value is -3.67. The van der Waals surface area contributed by atoms with Crippen molar-refractivity contribution < 1.29 is 18.7 Å². The second-order valence-electron chi connectivity index (χ2n) is 6.36. The van der Waals surface area contributed by atoms with Crippen LogP contribution in [0.25, 0.3) is 0 Å². The summed E-state index contributed by atoms with van der Waals surface area (Å²) >= 11 is 0. The Morgan fingerprint density at radius 1 is 0.828 bits per heavy atom. The van der Waals surface area contributed by atoms with Crippen molar-refractivity contribution in [1.82, 2.24) is 0 Å². The van der Waals surface area contributed by atoms with Gasteiger partial charge in [0.1, 0.15) is 11.6 Å². The van der Waals surface area contributed by atoms with Crippen LogP contribution in [-0.2, 0) is 4.79 Å². The SMILES string of the molecule is O=C(CCCOc1cccc(F)c1)Nc1cccc(NC(=O)c2ccccc2)c1. The van der Waals surface area contributed by atoms with Crippen LogP contribution in [0.3, 0.4) is 0 Å². The molecular weight excluding hydrogens is 371 g/mol. The molecule has 0 saturated carbocycles. The molecule has 0 heterocycles. The quantitative estimate of drug-likeness (QED) is 0.537. The molecule has 0 aliphatic heterocycles. The van der Waals surface area contributed by atoms with Crippen LogP contribution in [0, 0.1) is 5.82 Å². The summed E-state index contributed by atoms with van der Waals surface area (Å²) in [6.45, 7) is 0.310. The Bertz CT molecular complexity index is 977. The molecule has 0 saturated heterocycles. The molecule has 0 aliphatic rings. The fourth-order valence-electron chi connectivity index (χ4n) is 2.67. The molecule has 3 aromatic carbocycles. The fraction of sp³-hybridized carbons (Fsp3) is 0.130. The van der Waals surface area contributed by atoms with Crippen molar-refractivity contribution in [2.24, 2.45) is 0 Å². The number of anilines is 2. The Morgan fingerprint density at radius 3 is 2.31 bits per heavy atom. The van der Waals surface area contributed by atoms with Gasteiger partial charge in [-0.2, -0.15) is 0 Å². The van der Waals surface area contributed by atoms with Gasteiger partial charge in [0.25, 0.3) is 5.91 Å². The van der Waals surface area contributed by atoms with E-state index in [0.29, 0.717) is 35.7 Å². The number of nitrogens with one attached hydrogen (secondary N) is 2. The van der Waals surface area contributed by atoms with Gasteiger partial charge in [-0.3, -0.25) is 9.59 Å². The monoisotopic (exact) mass is 392 g/mol. The molecule has 0 aromatic heterocycles. The lowest BCUT2D eigenvalue weighted by molar-refractivity contribution is -0.116. The predicted octanol–water partition coefficient (Wildman–Crippen LogP) is 4.88. The number of hydrogen-bond acceptors (Lipinski definition) is 3. The first-order valence-electron chi connectivity index (χ1n) is 9.25. The van der Waals surface area contributed by atoms with E-state index >= 15 is 0 Å². The molecule has 0 spiro atoms. The first-order valence-corrected chi connectivity index (χ1v) is 9.25. The molecule has 3 rings (SSSR count). The average molecular weight is 392 g/mol. The Balaban J connectivity index is 1.45. The normalized spacial score (nSPS) is 10.2. The Morgan fingerprint density at radius 2 is 1.55 bits per heavy atom. The van der Waals surface area contributed by atoms with Gasteiger partial charge in [-0.25, -0.2) is 4.39 Å². The number of carbonyl (C=O) groups excluding carboxylic acids is 2. The van der Waals surface area contributed by atoms with Gasteiger partial charge in [0.15, 0.2) is 0 Å². The minimum absolute atomic E-state index is 0.167. The highest BCUT2D eigenvalue weighted by Crippen LogP contribution is 2.17. The molecule has 6 heteroatoms. The van der Waals surface area contributed by atoms with Crippen molar-refractivity contribution in [1.29, 1.82) is 0 Å². The number of carbonyl (C=O) groups is 2. The van der Waals surface area contributed by atoms with Crippen LogP contribution in [0.5, 0.6) is 5.75 Å². The highest BCUT2D eigenvalue weighted by atomic mass is 19.1. The molecule has 3 aromatic rings. The zero-order valence-corrected chi connectivity index (χ0v) is 15.7. The maximum atomic E-state index is 13.1. The Labute approximate surface area is 168 Å². The van der Waals surface area contributed by atoms with Gasteiger partial charge in [0, 0.05) is 29.4 Å². The van der Waals surface area contributed by atoms with Crippen LogP contribution in [-0.4, -0.2) is 18.4 Å². The van der Waals surface area contributed by atoms with E-state index in [1.807, 2.05) is 6.07 Å². The van der Waals surface area contributed by atoms with Gasteiger partial charge in [-0.15, -0.1) is 0 Å². The molecule has 0 unspecified atom stereocenters. The summed E-state index contributed by atoms with van der Waals surface area (Å²) in [6.07, 6.45) is 0.753. The summed E-state index contributed by atoms with van der Waals surface area (Å²) < 4.78 is 18.5. The van der Waals surface area contributed by atoms with Gasteiger partial charge >= 0.3 is 0 Å². The topological polar surface area (TPSA) is 67.4 Å². The van der Waals surface area contributed by atoms with E-state index in [1.54, 1.807) is 60.7 Å². The van der Waals surface area contributed by atoms with E-state index in [-0.39, 0.29) is 24.1 Å². The van der Waals surface area contributed by atoms with Gasteiger partial charge in [-0.05, 0) is 48.9 Å². The maximum absolute atomic E-state index is 13.1. The van der Waals surface area contributed by atoms with Crippen molar-refractivity contribution in [2.45, 2.75) is 12.8 Å². The second-order valence-corrected chi connectivity index (χ2v) is 6.36. The lowest BCUT2D eigenvalue weighted by Crippen LogP contribution is -2.14. The van der Waals surface area contributed by atoms with E-state index in [9.17, 15) is 14.0 Å². The van der Waals surface area contributed by atoms with Crippen molar-refractivity contribution in [3.05, 3.63) is 90.2 Å². The summed E-state index contributed by atoms with van der Waals surface area (Å²) in [6, 6.07) is 21.7.